The largest absolute Gasteiger partial charge is 0.347 e. The molecule has 0 heterocycles. The van der Waals surface area contributed by atoms with Crippen molar-refractivity contribution in [1.29, 1.82) is 0 Å². The smallest absolute Gasteiger partial charge is 0.132 e. The topological polar surface area (TPSA) is 27.6 Å². The lowest BCUT2D eigenvalue weighted by molar-refractivity contribution is 0.289. The first kappa shape index (κ1) is 24.6. The molecule has 0 saturated heterocycles. The van der Waals surface area contributed by atoms with E-state index < -0.39 is 0 Å². The standard InChI is InChI=1S/C25H35N3.CH4/c1-3-5-18-26-25(24-16-11-8-12-17-24)27-19-13-21-28(20-6-4-2)22-23-14-9-7-10-15-23;/h7-17,19H,3-6,18,20-22H2,1-2H3,(H,26,27);1H4/b19-13+;. The van der Waals surface area contributed by atoms with Gasteiger partial charge in [-0.3, -0.25) is 9.89 Å². The summed E-state index contributed by atoms with van der Waals surface area (Å²) in [6.07, 6.45) is 8.97. The van der Waals surface area contributed by atoms with Gasteiger partial charge in [-0.15, -0.1) is 0 Å². The SMILES string of the molecule is C.CCCCN=C(N/C=C/CN(CCCC)Cc1ccccc1)c1ccccc1. The fraction of sp³-hybridized carbons (Fsp3) is 0.423. The summed E-state index contributed by atoms with van der Waals surface area (Å²) in [6.45, 7) is 8.34. The first-order chi connectivity index (χ1) is 13.8. The van der Waals surface area contributed by atoms with Gasteiger partial charge in [-0.05, 0) is 31.1 Å². The van der Waals surface area contributed by atoms with Crippen LogP contribution in [0.15, 0.2) is 77.9 Å². The van der Waals surface area contributed by atoms with Gasteiger partial charge in [0.1, 0.15) is 5.84 Å². The van der Waals surface area contributed by atoms with E-state index in [0.29, 0.717) is 0 Å². The van der Waals surface area contributed by atoms with Crippen molar-refractivity contribution in [1.82, 2.24) is 10.2 Å². The van der Waals surface area contributed by atoms with Crippen LogP contribution < -0.4 is 5.32 Å². The molecule has 0 aliphatic carbocycles. The summed E-state index contributed by atoms with van der Waals surface area (Å²) in [4.78, 5) is 7.25. The molecule has 3 nitrogen and oxygen atoms in total. The minimum Gasteiger partial charge on any atom is -0.347 e. The molecule has 29 heavy (non-hydrogen) atoms. The molecule has 2 aromatic rings. The van der Waals surface area contributed by atoms with E-state index in [2.05, 4.69) is 84.7 Å². The lowest BCUT2D eigenvalue weighted by Gasteiger charge is -2.20. The van der Waals surface area contributed by atoms with Gasteiger partial charge in [0.2, 0.25) is 0 Å². The fourth-order valence-corrected chi connectivity index (χ4v) is 2.96. The third kappa shape index (κ3) is 10.1. The Kier molecular flexibility index (Phi) is 13.2. The van der Waals surface area contributed by atoms with Crippen LogP contribution in [0.3, 0.4) is 0 Å². The van der Waals surface area contributed by atoms with Crippen LogP contribution in [-0.2, 0) is 6.54 Å². The van der Waals surface area contributed by atoms with Gasteiger partial charge < -0.3 is 5.32 Å². The van der Waals surface area contributed by atoms with Crippen molar-refractivity contribution in [2.45, 2.75) is 53.5 Å². The van der Waals surface area contributed by atoms with Crippen molar-refractivity contribution in [3.05, 3.63) is 84.1 Å². The maximum absolute atomic E-state index is 4.76. The van der Waals surface area contributed by atoms with Crippen molar-refractivity contribution in [2.75, 3.05) is 19.6 Å². The number of nitrogens with one attached hydrogen (secondary N) is 1. The van der Waals surface area contributed by atoms with Crippen molar-refractivity contribution in [2.24, 2.45) is 4.99 Å². The van der Waals surface area contributed by atoms with E-state index in [-0.39, 0.29) is 7.43 Å². The third-order valence-corrected chi connectivity index (χ3v) is 4.61. The zero-order valence-corrected chi connectivity index (χ0v) is 17.5. The van der Waals surface area contributed by atoms with Crippen LogP contribution in [-0.4, -0.2) is 30.4 Å². The molecule has 0 bridgehead atoms. The van der Waals surface area contributed by atoms with Crippen LogP contribution in [0, 0.1) is 0 Å². The van der Waals surface area contributed by atoms with E-state index in [1.54, 1.807) is 0 Å². The fourth-order valence-electron chi connectivity index (χ4n) is 2.96. The number of hydrogen-bond donors (Lipinski definition) is 1. The van der Waals surface area contributed by atoms with Crippen molar-refractivity contribution in [3.8, 4) is 0 Å². The highest BCUT2D eigenvalue weighted by Crippen LogP contribution is 2.06. The first-order valence-electron chi connectivity index (χ1n) is 10.6. The van der Waals surface area contributed by atoms with Crippen LogP contribution in [0.5, 0.6) is 0 Å². The third-order valence-electron chi connectivity index (χ3n) is 4.61. The van der Waals surface area contributed by atoms with Crippen LogP contribution >= 0.6 is 0 Å². The Morgan fingerprint density at radius 2 is 1.59 bits per heavy atom. The zero-order valence-electron chi connectivity index (χ0n) is 17.5. The van der Waals surface area contributed by atoms with E-state index in [9.17, 15) is 0 Å². The Morgan fingerprint density at radius 1 is 0.931 bits per heavy atom. The predicted molar refractivity (Wildman–Crippen MR) is 128 cm³/mol. The van der Waals surface area contributed by atoms with E-state index in [4.69, 9.17) is 4.99 Å². The van der Waals surface area contributed by atoms with Crippen LogP contribution in [0.4, 0.5) is 0 Å². The quantitative estimate of drug-likeness (QED) is 0.261. The van der Waals surface area contributed by atoms with Gasteiger partial charge >= 0.3 is 0 Å². The lowest BCUT2D eigenvalue weighted by atomic mass is 10.2. The predicted octanol–water partition coefficient (Wildman–Crippen LogP) is 6.28. The molecule has 0 spiro atoms. The van der Waals surface area contributed by atoms with E-state index in [1.165, 1.54) is 18.4 Å². The Morgan fingerprint density at radius 3 is 2.24 bits per heavy atom. The molecule has 2 aromatic carbocycles. The monoisotopic (exact) mass is 393 g/mol. The molecule has 0 unspecified atom stereocenters. The summed E-state index contributed by atoms with van der Waals surface area (Å²) in [5.41, 5.74) is 2.50. The summed E-state index contributed by atoms with van der Waals surface area (Å²) in [6, 6.07) is 21.1. The second-order valence-electron chi connectivity index (χ2n) is 7.07. The molecule has 0 aromatic heterocycles. The van der Waals surface area contributed by atoms with Crippen molar-refractivity contribution >= 4 is 5.84 Å². The van der Waals surface area contributed by atoms with Gasteiger partial charge in [0, 0.05) is 25.2 Å². The number of rotatable bonds is 12. The number of nitrogens with zero attached hydrogens (tertiary/aromatic N) is 2. The van der Waals surface area contributed by atoms with Gasteiger partial charge in [0.25, 0.3) is 0 Å². The van der Waals surface area contributed by atoms with Gasteiger partial charge in [-0.25, -0.2) is 0 Å². The zero-order chi connectivity index (χ0) is 19.9. The Labute approximate surface area is 178 Å². The second-order valence-corrected chi connectivity index (χ2v) is 7.07. The van der Waals surface area contributed by atoms with Gasteiger partial charge in [0.05, 0.1) is 0 Å². The molecule has 0 aliphatic rings. The second kappa shape index (κ2) is 15.5. The molecule has 3 heteroatoms. The molecule has 0 fully saturated rings. The highest BCUT2D eigenvalue weighted by atomic mass is 15.1. The Bertz CT molecular complexity index is 692. The summed E-state index contributed by atoms with van der Waals surface area (Å²) >= 11 is 0. The van der Waals surface area contributed by atoms with Crippen LogP contribution in [0.2, 0.25) is 0 Å². The number of hydrogen-bond acceptors (Lipinski definition) is 2. The molecular formula is C26H39N3. The average molecular weight is 394 g/mol. The molecule has 1 N–H and O–H groups in total. The molecule has 0 atom stereocenters. The normalized spacial score (nSPS) is 11.6. The summed E-state index contributed by atoms with van der Waals surface area (Å²) in [5, 5.41) is 3.41. The van der Waals surface area contributed by atoms with Gasteiger partial charge in [-0.2, -0.15) is 0 Å². The van der Waals surface area contributed by atoms with Gasteiger partial charge in [0.15, 0.2) is 0 Å². The molecule has 2 rings (SSSR count). The minimum absolute atomic E-state index is 0. The number of benzene rings is 2. The number of amidine groups is 1. The Hall–Kier alpha value is -2.39. The van der Waals surface area contributed by atoms with Crippen LogP contribution in [0.1, 0.15) is 58.1 Å². The highest BCUT2D eigenvalue weighted by Gasteiger charge is 2.04. The number of aliphatic imine (C=N–C) groups is 1. The van der Waals surface area contributed by atoms with Gasteiger partial charge in [-0.1, -0.05) is 101 Å². The number of unbranched alkanes of at least 4 members (excludes halogenated alkanes) is 2. The van der Waals surface area contributed by atoms with E-state index in [0.717, 1.165) is 50.4 Å². The van der Waals surface area contributed by atoms with Crippen LogP contribution in [0.25, 0.3) is 0 Å². The maximum atomic E-state index is 4.76. The van der Waals surface area contributed by atoms with Crippen molar-refractivity contribution < 1.29 is 0 Å². The molecule has 0 radical (unpaired) electrons. The molecule has 0 saturated carbocycles. The Balaban J connectivity index is 0.00000420. The summed E-state index contributed by atoms with van der Waals surface area (Å²) in [5.74, 6) is 0.952. The summed E-state index contributed by atoms with van der Waals surface area (Å²) in [7, 11) is 0. The molecule has 158 valence electrons. The van der Waals surface area contributed by atoms with Crippen molar-refractivity contribution in [3.63, 3.8) is 0 Å². The molecule has 0 aliphatic heterocycles. The molecule has 0 amide bonds. The van der Waals surface area contributed by atoms with E-state index >= 15 is 0 Å². The highest BCUT2D eigenvalue weighted by molar-refractivity contribution is 5.99. The minimum atomic E-state index is 0. The van der Waals surface area contributed by atoms with E-state index in [1.807, 2.05) is 12.3 Å². The first-order valence-corrected chi connectivity index (χ1v) is 10.6. The summed E-state index contributed by atoms with van der Waals surface area (Å²) < 4.78 is 0. The average Bonchev–Trinajstić information content (AvgIpc) is 2.75. The maximum Gasteiger partial charge on any atom is 0.132 e. The molecular weight excluding hydrogens is 354 g/mol. The lowest BCUT2D eigenvalue weighted by Crippen LogP contribution is -2.25.